The highest BCUT2D eigenvalue weighted by atomic mass is 32.1. The predicted octanol–water partition coefficient (Wildman–Crippen LogP) is 2.86. The van der Waals surface area contributed by atoms with Crippen LogP contribution >= 0.6 is 12.2 Å². The average Bonchev–Trinajstić information content (AvgIpc) is 2.91. The lowest BCUT2D eigenvalue weighted by atomic mass is 10.1. The number of hydrogen-bond donors (Lipinski definition) is 2. The maximum Gasteiger partial charge on any atom is 0.210 e. The lowest BCUT2D eigenvalue weighted by molar-refractivity contribution is 0.910. The highest BCUT2D eigenvalue weighted by Gasteiger charge is 2.13. The summed E-state index contributed by atoms with van der Waals surface area (Å²) in [6, 6.07) is 18.1. The Labute approximate surface area is 128 Å². The first-order valence-corrected chi connectivity index (χ1v) is 7.20. The summed E-state index contributed by atoms with van der Waals surface area (Å²) in [5.74, 6) is 0.694. The predicted molar refractivity (Wildman–Crippen MR) is 90.4 cm³/mol. The van der Waals surface area contributed by atoms with Gasteiger partial charge in [-0.3, -0.25) is 4.90 Å². The van der Waals surface area contributed by atoms with Crippen molar-refractivity contribution in [1.82, 2.24) is 9.97 Å². The molecule has 3 N–H and O–H groups in total. The number of anilines is 1. The number of aromatic nitrogens is 2. The molecule has 0 fully saturated rings. The lowest BCUT2D eigenvalue weighted by Gasteiger charge is -2.19. The van der Waals surface area contributed by atoms with Crippen LogP contribution in [0.1, 0.15) is 5.56 Å². The summed E-state index contributed by atoms with van der Waals surface area (Å²) in [6.45, 7) is 0.694. The summed E-state index contributed by atoms with van der Waals surface area (Å²) in [7, 11) is 0. The molecule has 106 valence electrons. The third-order valence-corrected chi connectivity index (χ3v) is 3.59. The van der Waals surface area contributed by atoms with Crippen LogP contribution in [0.3, 0.4) is 0 Å². The maximum absolute atomic E-state index is 5.85. The van der Waals surface area contributed by atoms with Gasteiger partial charge in [-0.15, -0.1) is 0 Å². The minimum atomic E-state index is 0.324. The fourth-order valence-corrected chi connectivity index (χ4v) is 2.45. The van der Waals surface area contributed by atoms with E-state index >= 15 is 0 Å². The molecule has 3 aromatic rings. The third-order valence-electron chi connectivity index (χ3n) is 3.37. The molecule has 0 radical (unpaired) electrons. The van der Waals surface area contributed by atoms with E-state index in [9.17, 15) is 0 Å². The quantitative estimate of drug-likeness (QED) is 0.727. The molecule has 0 bridgehead atoms. The molecule has 21 heavy (non-hydrogen) atoms. The number of nitrogens with zero attached hydrogens (tertiary/aromatic N) is 2. The summed E-state index contributed by atoms with van der Waals surface area (Å²) < 4.78 is 0. The first kappa shape index (κ1) is 13.6. The van der Waals surface area contributed by atoms with E-state index in [0.29, 0.717) is 17.6 Å². The Hall–Kier alpha value is -2.40. The SMILES string of the molecule is NC(=S)N(CCc1ccccc1)c1nc2ccccc2[nH]1. The minimum absolute atomic E-state index is 0.324. The largest absolute Gasteiger partial charge is 0.376 e. The molecule has 5 heteroatoms. The molecule has 0 aliphatic heterocycles. The number of hydrogen-bond acceptors (Lipinski definition) is 2. The smallest absolute Gasteiger partial charge is 0.210 e. The molecule has 0 atom stereocenters. The first-order chi connectivity index (χ1) is 10.2. The van der Waals surface area contributed by atoms with Crippen molar-refractivity contribution < 1.29 is 0 Å². The van der Waals surface area contributed by atoms with Crippen LogP contribution in [0.2, 0.25) is 0 Å². The fourth-order valence-electron chi connectivity index (χ4n) is 2.27. The van der Waals surface area contributed by atoms with Gasteiger partial charge in [0, 0.05) is 6.54 Å². The second-order valence-corrected chi connectivity index (χ2v) is 5.22. The van der Waals surface area contributed by atoms with E-state index in [2.05, 4.69) is 22.1 Å². The van der Waals surface area contributed by atoms with E-state index in [0.717, 1.165) is 17.5 Å². The number of fused-ring (bicyclic) bond motifs is 1. The topological polar surface area (TPSA) is 57.9 Å². The van der Waals surface area contributed by atoms with Gasteiger partial charge in [-0.1, -0.05) is 42.5 Å². The molecule has 3 rings (SSSR count). The van der Waals surface area contributed by atoms with Crippen molar-refractivity contribution in [2.24, 2.45) is 5.73 Å². The Kier molecular flexibility index (Phi) is 3.83. The summed E-state index contributed by atoms with van der Waals surface area (Å²) in [5, 5.41) is 0.324. The molecule has 2 aromatic carbocycles. The number of imidazole rings is 1. The van der Waals surface area contributed by atoms with Gasteiger partial charge in [0.05, 0.1) is 11.0 Å². The van der Waals surface area contributed by atoms with Gasteiger partial charge in [-0.25, -0.2) is 4.98 Å². The molecule has 1 aromatic heterocycles. The van der Waals surface area contributed by atoms with Crippen LogP contribution in [-0.4, -0.2) is 21.6 Å². The zero-order valence-electron chi connectivity index (χ0n) is 11.5. The first-order valence-electron chi connectivity index (χ1n) is 6.80. The Morgan fingerprint density at radius 2 is 1.81 bits per heavy atom. The van der Waals surface area contributed by atoms with E-state index < -0.39 is 0 Å². The highest BCUT2D eigenvalue weighted by molar-refractivity contribution is 7.80. The number of nitrogens with two attached hydrogens (primary N) is 1. The lowest BCUT2D eigenvalue weighted by Crippen LogP contribution is -2.37. The molecule has 4 nitrogen and oxygen atoms in total. The molecule has 0 aliphatic carbocycles. The minimum Gasteiger partial charge on any atom is -0.376 e. The summed E-state index contributed by atoms with van der Waals surface area (Å²) in [5.41, 5.74) is 8.99. The molecular weight excluding hydrogens is 280 g/mol. The maximum atomic E-state index is 5.85. The summed E-state index contributed by atoms with van der Waals surface area (Å²) in [4.78, 5) is 9.65. The number of aromatic amines is 1. The Morgan fingerprint density at radius 3 is 2.52 bits per heavy atom. The van der Waals surface area contributed by atoms with Gasteiger partial charge in [-0.05, 0) is 36.3 Å². The van der Waals surface area contributed by atoms with Gasteiger partial charge in [0.1, 0.15) is 0 Å². The average molecular weight is 296 g/mol. The number of thiocarbonyl (C=S) groups is 1. The van der Waals surface area contributed by atoms with Crippen LogP contribution in [0, 0.1) is 0 Å². The van der Waals surface area contributed by atoms with Crippen molar-refractivity contribution in [2.45, 2.75) is 6.42 Å². The molecule has 0 spiro atoms. The van der Waals surface area contributed by atoms with Crippen LogP contribution in [0.15, 0.2) is 54.6 Å². The van der Waals surface area contributed by atoms with Gasteiger partial charge in [0.2, 0.25) is 5.95 Å². The fraction of sp³-hybridized carbons (Fsp3) is 0.125. The molecule has 0 saturated heterocycles. The zero-order chi connectivity index (χ0) is 14.7. The molecule has 0 unspecified atom stereocenters. The number of benzene rings is 2. The van der Waals surface area contributed by atoms with E-state index in [1.807, 2.05) is 47.4 Å². The number of nitrogens with one attached hydrogen (secondary N) is 1. The number of rotatable bonds is 4. The van der Waals surface area contributed by atoms with Gasteiger partial charge in [-0.2, -0.15) is 0 Å². The summed E-state index contributed by atoms with van der Waals surface area (Å²) >= 11 is 5.16. The van der Waals surface area contributed by atoms with E-state index in [1.54, 1.807) is 0 Å². The van der Waals surface area contributed by atoms with Crippen molar-refractivity contribution in [3.05, 3.63) is 60.2 Å². The second-order valence-electron chi connectivity index (χ2n) is 4.80. The van der Waals surface area contributed by atoms with Gasteiger partial charge >= 0.3 is 0 Å². The highest BCUT2D eigenvalue weighted by Crippen LogP contribution is 2.17. The Morgan fingerprint density at radius 1 is 1.10 bits per heavy atom. The van der Waals surface area contributed by atoms with Crippen LogP contribution in [-0.2, 0) is 6.42 Å². The Bertz CT molecular complexity index is 718. The van der Waals surface area contributed by atoms with Crippen LogP contribution in [0.5, 0.6) is 0 Å². The molecule has 0 aliphatic rings. The molecule has 0 saturated carbocycles. The van der Waals surface area contributed by atoms with Gasteiger partial charge < -0.3 is 10.7 Å². The molecule has 0 amide bonds. The van der Waals surface area contributed by atoms with Crippen molar-refractivity contribution in [3.8, 4) is 0 Å². The van der Waals surface area contributed by atoms with Crippen LogP contribution < -0.4 is 10.6 Å². The monoisotopic (exact) mass is 296 g/mol. The molecular formula is C16H16N4S. The van der Waals surface area contributed by atoms with E-state index in [4.69, 9.17) is 18.0 Å². The van der Waals surface area contributed by atoms with Gasteiger partial charge in [0.25, 0.3) is 0 Å². The van der Waals surface area contributed by atoms with Crippen LogP contribution in [0.25, 0.3) is 11.0 Å². The number of H-pyrrole nitrogens is 1. The van der Waals surface area contributed by atoms with Crippen LogP contribution in [0.4, 0.5) is 5.95 Å². The van der Waals surface area contributed by atoms with Crippen molar-refractivity contribution in [3.63, 3.8) is 0 Å². The summed E-state index contributed by atoms with van der Waals surface area (Å²) in [6.07, 6.45) is 0.856. The Balaban J connectivity index is 1.82. The molecule has 1 heterocycles. The third kappa shape index (κ3) is 3.03. The van der Waals surface area contributed by atoms with Crippen molar-refractivity contribution in [1.29, 1.82) is 0 Å². The van der Waals surface area contributed by atoms with Gasteiger partial charge in [0.15, 0.2) is 5.11 Å². The zero-order valence-corrected chi connectivity index (χ0v) is 12.3. The normalized spacial score (nSPS) is 10.7. The van der Waals surface area contributed by atoms with Crippen molar-refractivity contribution in [2.75, 3.05) is 11.4 Å². The van der Waals surface area contributed by atoms with Crippen molar-refractivity contribution >= 4 is 34.3 Å². The van der Waals surface area contributed by atoms with E-state index in [-0.39, 0.29) is 0 Å². The number of para-hydroxylation sites is 2. The standard InChI is InChI=1S/C16H16N4S/c17-15(21)20(11-10-12-6-2-1-3-7-12)16-18-13-8-4-5-9-14(13)19-16/h1-9H,10-11H2,(H2,17,21)(H,18,19). The van der Waals surface area contributed by atoms with E-state index in [1.165, 1.54) is 5.56 Å². The second kappa shape index (κ2) is 5.93.